The highest BCUT2D eigenvalue weighted by atomic mass is 32.1. The first kappa shape index (κ1) is 12.0. The summed E-state index contributed by atoms with van der Waals surface area (Å²) < 4.78 is 1.92. The smallest absolute Gasteiger partial charge is 0.205 e. The van der Waals surface area contributed by atoms with Gasteiger partial charge in [-0.15, -0.1) is 10.2 Å². The van der Waals surface area contributed by atoms with Gasteiger partial charge < -0.3 is 5.32 Å². The van der Waals surface area contributed by atoms with Crippen LogP contribution in [0.2, 0.25) is 0 Å². The second-order valence-corrected chi connectivity index (χ2v) is 4.87. The molecule has 0 saturated heterocycles. The molecule has 2 aromatic heterocycles. The summed E-state index contributed by atoms with van der Waals surface area (Å²) in [5, 5.41) is 17.7. The Kier molecular flexibility index (Phi) is 4.08. The fourth-order valence-corrected chi connectivity index (χ4v) is 2.33. The standard InChI is InChI=1S/C11H17N5S/c1-3-5-10-14-15-11(17-10)12-6-9-7-13-16(4-2)8-9/h7-8H,3-6H2,1-2H3,(H,12,15). The van der Waals surface area contributed by atoms with E-state index in [2.05, 4.69) is 34.5 Å². The van der Waals surface area contributed by atoms with E-state index in [0.29, 0.717) is 0 Å². The van der Waals surface area contributed by atoms with Crippen molar-refractivity contribution in [2.75, 3.05) is 5.32 Å². The van der Waals surface area contributed by atoms with Crippen LogP contribution in [0.4, 0.5) is 5.13 Å². The van der Waals surface area contributed by atoms with Crippen LogP contribution in [0.25, 0.3) is 0 Å². The molecule has 0 saturated carbocycles. The van der Waals surface area contributed by atoms with E-state index in [1.54, 1.807) is 11.3 Å². The minimum absolute atomic E-state index is 0.751. The predicted molar refractivity (Wildman–Crippen MR) is 69.1 cm³/mol. The summed E-state index contributed by atoms with van der Waals surface area (Å²) in [5.41, 5.74) is 1.17. The number of anilines is 1. The maximum atomic E-state index is 4.23. The number of hydrogen-bond donors (Lipinski definition) is 1. The molecule has 0 unspecified atom stereocenters. The first-order valence-electron chi connectivity index (χ1n) is 5.89. The van der Waals surface area contributed by atoms with E-state index in [1.165, 1.54) is 5.56 Å². The third-order valence-electron chi connectivity index (χ3n) is 2.39. The number of nitrogens with one attached hydrogen (secondary N) is 1. The van der Waals surface area contributed by atoms with Crippen molar-refractivity contribution in [3.63, 3.8) is 0 Å². The van der Waals surface area contributed by atoms with E-state index in [4.69, 9.17) is 0 Å². The molecule has 1 N–H and O–H groups in total. The predicted octanol–water partition coefficient (Wildman–Crippen LogP) is 2.32. The van der Waals surface area contributed by atoms with E-state index in [9.17, 15) is 0 Å². The maximum Gasteiger partial charge on any atom is 0.205 e. The molecule has 0 amide bonds. The second kappa shape index (κ2) is 5.77. The molecule has 0 radical (unpaired) electrons. The molecule has 17 heavy (non-hydrogen) atoms. The first-order chi connectivity index (χ1) is 8.31. The molecule has 0 aliphatic heterocycles. The molecule has 0 bridgehead atoms. The van der Waals surface area contributed by atoms with Crippen molar-refractivity contribution < 1.29 is 0 Å². The minimum Gasteiger partial charge on any atom is -0.356 e. The van der Waals surface area contributed by atoms with E-state index in [-0.39, 0.29) is 0 Å². The summed E-state index contributed by atoms with van der Waals surface area (Å²) >= 11 is 1.63. The lowest BCUT2D eigenvalue weighted by Crippen LogP contribution is -1.98. The maximum absolute atomic E-state index is 4.23. The highest BCUT2D eigenvalue weighted by Crippen LogP contribution is 2.17. The minimum atomic E-state index is 0.751. The normalized spacial score (nSPS) is 10.7. The van der Waals surface area contributed by atoms with Gasteiger partial charge in [-0.05, 0) is 13.3 Å². The van der Waals surface area contributed by atoms with Crippen LogP contribution in [0.1, 0.15) is 30.8 Å². The summed E-state index contributed by atoms with van der Waals surface area (Å²) in [5.74, 6) is 0. The Labute approximate surface area is 105 Å². The van der Waals surface area contributed by atoms with Crippen LogP contribution in [0.5, 0.6) is 0 Å². The van der Waals surface area contributed by atoms with E-state index in [1.807, 2.05) is 17.1 Å². The Hall–Kier alpha value is -1.43. The zero-order chi connectivity index (χ0) is 12.1. The Morgan fingerprint density at radius 1 is 1.35 bits per heavy atom. The highest BCUT2D eigenvalue weighted by molar-refractivity contribution is 7.15. The number of aromatic nitrogens is 4. The van der Waals surface area contributed by atoms with Gasteiger partial charge in [0.1, 0.15) is 5.01 Å². The van der Waals surface area contributed by atoms with Gasteiger partial charge in [-0.3, -0.25) is 4.68 Å². The summed E-state index contributed by atoms with van der Waals surface area (Å²) in [4.78, 5) is 0. The van der Waals surface area contributed by atoms with Gasteiger partial charge in [-0.25, -0.2) is 0 Å². The quantitative estimate of drug-likeness (QED) is 0.856. The molecule has 2 heterocycles. The van der Waals surface area contributed by atoms with Crippen LogP contribution >= 0.6 is 11.3 Å². The van der Waals surface area contributed by atoms with Gasteiger partial charge >= 0.3 is 0 Å². The van der Waals surface area contributed by atoms with Gasteiger partial charge in [0.15, 0.2) is 0 Å². The monoisotopic (exact) mass is 251 g/mol. The third-order valence-corrected chi connectivity index (χ3v) is 3.33. The van der Waals surface area contributed by atoms with Crippen LogP contribution in [0.15, 0.2) is 12.4 Å². The van der Waals surface area contributed by atoms with Crippen LogP contribution in [-0.4, -0.2) is 20.0 Å². The number of nitrogens with zero attached hydrogens (tertiary/aromatic N) is 4. The van der Waals surface area contributed by atoms with Gasteiger partial charge in [-0.2, -0.15) is 5.10 Å². The zero-order valence-corrected chi connectivity index (χ0v) is 11.0. The van der Waals surface area contributed by atoms with Gasteiger partial charge in [0.25, 0.3) is 0 Å². The number of rotatable bonds is 6. The van der Waals surface area contributed by atoms with Crippen molar-refractivity contribution in [2.45, 2.75) is 39.8 Å². The lowest BCUT2D eigenvalue weighted by molar-refractivity contribution is 0.659. The van der Waals surface area contributed by atoms with Crippen LogP contribution in [0.3, 0.4) is 0 Å². The molecule has 2 aromatic rings. The Morgan fingerprint density at radius 2 is 2.24 bits per heavy atom. The van der Waals surface area contributed by atoms with Crippen molar-refractivity contribution in [3.05, 3.63) is 23.0 Å². The van der Waals surface area contributed by atoms with E-state index < -0.39 is 0 Å². The summed E-state index contributed by atoms with van der Waals surface area (Å²) in [6, 6.07) is 0. The van der Waals surface area contributed by atoms with E-state index in [0.717, 1.165) is 36.1 Å². The van der Waals surface area contributed by atoms with Crippen molar-refractivity contribution >= 4 is 16.5 Å². The second-order valence-electron chi connectivity index (χ2n) is 3.81. The largest absolute Gasteiger partial charge is 0.356 e. The molecule has 2 rings (SSSR count). The topological polar surface area (TPSA) is 55.6 Å². The fraction of sp³-hybridized carbons (Fsp3) is 0.545. The molecule has 0 aliphatic carbocycles. The molecule has 5 nitrogen and oxygen atoms in total. The molecule has 92 valence electrons. The number of hydrogen-bond acceptors (Lipinski definition) is 5. The zero-order valence-electron chi connectivity index (χ0n) is 10.2. The molecule has 0 spiro atoms. The van der Waals surface area contributed by atoms with E-state index >= 15 is 0 Å². The van der Waals surface area contributed by atoms with Crippen LogP contribution in [-0.2, 0) is 19.5 Å². The summed E-state index contributed by atoms with van der Waals surface area (Å²) in [6.07, 6.45) is 6.04. The third kappa shape index (κ3) is 3.26. The van der Waals surface area contributed by atoms with Crippen molar-refractivity contribution in [3.8, 4) is 0 Å². The molecule has 0 fully saturated rings. The molecule has 0 atom stereocenters. The van der Waals surface area contributed by atoms with Gasteiger partial charge in [0.05, 0.1) is 6.20 Å². The van der Waals surface area contributed by atoms with Crippen LogP contribution in [0, 0.1) is 0 Å². The summed E-state index contributed by atoms with van der Waals surface area (Å²) in [7, 11) is 0. The lowest BCUT2D eigenvalue weighted by atomic mass is 10.4. The number of aryl methyl sites for hydroxylation is 2. The van der Waals surface area contributed by atoms with Crippen molar-refractivity contribution in [2.24, 2.45) is 0 Å². The van der Waals surface area contributed by atoms with Crippen molar-refractivity contribution in [1.82, 2.24) is 20.0 Å². The van der Waals surface area contributed by atoms with Crippen LogP contribution < -0.4 is 5.32 Å². The van der Waals surface area contributed by atoms with Gasteiger partial charge in [0.2, 0.25) is 5.13 Å². The SMILES string of the molecule is CCCc1nnc(NCc2cnn(CC)c2)s1. The summed E-state index contributed by atoms with van der Waals surface area (Å²) in [6.45, 7) is 5.87. The molecular weight excluding hydrogens is 234 g/mol. The highest BCUT2D eigenvalue weighted by Gasteiger charge is 2.03. The Bertz CT molecular complexity index is 462. The van der Waals surface area contributed by atoms with Gasteiger partial charge in [0, 0.05) is 31.3 Å². The average Bonchev–Trinajstić information content (AvgIpc) is 2.95. The van der Waals surface area contributed by atoms with Crippen molar-refractivity contribution in [1.29, 1.82) is 0 Å². The Morgan fingerprint density at radius 3 is 2.94 bits per heavy atom. The molecule has 6 heteroatoms. The fourth-order valence-electron chi connectivity index (χ4n) is 1.49. The lowest BCUT2D eigenvalue weighted by Gasteiger charge is -1.97. The molecule has 0 aliphatic rings. The molecule has 0 aromatic carbocycles. The first-order valence-corrected chi connectivity index (χ1v) is 6.71. The Balaban J connectivity index is 1.88. The molecular formula is C11H17N5S. The van der Waals surface area contributed by atoms with Gasteiger partial charge in [-0.1, -0.05) is 18.3 Å². The average molecular weight is 251 g/mol.